The van der Waals surface area contributed by atoms with Gasteiger partial charge in [-0.1, -0.05) is 38.1 Å². The summed E-state index contributed by atoms with van der Waals surface area (Å²) in [6, 6.07) is 6.78. The van der Waals surface area contributed by atoms with E-state index in [1.165, 1.54) is 11.8 Å². The van der Waals surface area contributed by atoms with Crippen molar-refractivity contribution in [2.45, 2.75) is 69.7 Å². The molecule has 0 spiro atoms. The molecule has 194 valence electrons. The number of aldehydes is 1. The highest BCUT2D eigenvalue weighted by Gasteiger charge is 2.29. The number of hydrogen-bond donors (Lipinski definition) is 1. The molecule has 5 nitrogen and oxygen atoms in total. The van der Waals surface area contributed by atoms with Crippen LogP contribution in [0.4, 0.5) is 0 Å². The summed E-state index contributed by atoms with van der Waals surface area (Å²) in [6.07, 6.45) is 2.16. The zero-order valence-electron chi connectivity index (χ0n) is 22.1. The smallest absolute Gasteiger partial charge is 0.167 e. The fraction of sp³-hybridized carbons (Fsp3) is 0.692. The highest BCUT2D eigenvalue weighted by Crippen LogP contribution is 2.35. The predicted octanol–water partition coefficient (Wildman–Crippen LogP) is 6.52. The molecule has 0 aliphatic carbocycles. The summed E-state index contributed by atoms with van der Waals surface area (Å²) in [7, 11) is -0.465. The van der Waals surface area contributed by atoms with Crippen molar-refractivity contribution >= 4 is 43.7 Å². The number of ketones is 1. The van der Waals surface area contributed by atoms with E-state index in [0.717, 1.165) is 12.7 Å². The minimum absolute atomic E-state index is 0.0388. The molecule has 0 aromatic heterocycles. The minimum Gasteiger partial charge on any atom is -0.380 e. The Morgan fingerprint density at radius 3 is 2.12 bits per heavy atom. The molecule has 0 aliphatic rings. The van der Waals surface area contributed by atoms with Gasteiger partial charge in [-0.15, -0.1) is 11.8 Å². The SMILES string of the molecule is CP(C)OCCC(C)(O)SCC(CSC(C)(C)CCOC(C)(C)C)C(=O)c1ccc(C=O)cc1. The van der Waals surface area contributed by atoms with Crippen LogP contribution < -0.4 is 0 Å². The molecule has 1 aromatic rings. The number of thioether (sulfide) groups is 2. The van der Waals surface area contributed by atoms with E-state index in [1.807, 2.05) is 34.1 Å². The van der Waals surface area contributed by atoms with E-state index in [0.29, 0.717) is 42.3 Å². The van der Waals surface area contributed by atoms with Crippen molar-refractivity contribution in [3.8, 4) is 0 Å². The first-order valence-corrected chi connectivity index (χ1v) is 15.8. The molecular formula is C26H43O5PS2. The Labute approximate surface area is 216 Å². The first-order chi connectivity index (χ1) is 15.6. The third-order valence-electron chi connectivity index (χ3n) is 5.13. The second-order valence-electron chi connectivity index (χ2n) is 10.5. The van der Waals surface area contributed by atoms with Gasteiger partial charge in [0, 0.05) is 54.5 Å². The second kappa shape index (κ2) is 14.3. The zero-order valence-corrected chi connectivity index (χ0v) is 24.6. The van der Waals surface area contributed by atoms with Gasteiger partial charge < -0.3 is 14.4 Å². The standard InChI is InChI=1S/C26H43O5PS2/c1-24(2,3)30-15-13-25(4,5)33-18-22(19-34-26(6,29)14-16-31-32(7)8)23(28)21-11-9-20(17-27)10-12-21/h9-12,17,22,29H,13-16,18-19H2,1-8H3. The van der Waals surface area contributed by atoms with Crippen LogP contribution in [0.1, 0.15) is 75.1 Å². The maximum absolute atomic E-state index is 13.4. The molecule has 0 bridgehead atoms. The van der Waals surface area contributed by atoms with Gasteiger partial charge in [0.2, 0.25) is 0 Å². The number of hydrogen-bond acceptors (Lipinski definition) is 7. The average Bonchev–Trinajstić information content (AvgIpc) is 2.71. The molecule has 0 heterocycles. The lowest BCUT2D eigenvalue weighted by Crippen LogP contribution is -2.29. The van der Waals surface area contributed by atoms with Crippen molar-refractivity contribution in [1.82, 2.24) is 0 Å². The van der Waals surface area contributed by atoms with Gasteiger partial charge in [-0.25, -0.2) is 0 Å². The Bertz CT molecular complexity index is 757. The maximum Gasteiger partial charge on any atom is 0.167 e. The van der Waals surface area contributed by atoms with E-state index < -0.39 is 13.1 Å². The number of carbonyl (C=O) groups excluding carboxylic acids is 2. The van der Waals surface area contributed by atoms with E-state index >= 15 is 0 Å². The van der Waals surface area contributed by atoms with Crippen molar-refractivity contribution < 1.29 is 24.0 Å². The van der Waals surface area contributed by atoms with Gasteiger partial charge >= 0.3 is 0 Å². The summed E-state index contributed by atoms with van der Waals surface area (Å²) in [4.78, 5) is 23.4. The summed E-state index contributed by atoms with van der Waals surface area (Å²) >= 11 is 3.18. The predicted molar refractivity (Wildman–Crippen MR) is 149 cm³/mol. The number of carbonyl (C=O) groups is 2. The molecule has 2 atom stereocenters. The number of Topliss-reactive ketones (excluding diaryl/α,β-unsaturated/α-hetero) is 1. The normalized spacial score (nSPS) is 15.2. The summed E-state index contributed by atoms with van der Waals surface area (Å²) in [6.45, 7) is 17.5. The summed E-state index contributed by atoms with van der Waals surface area (Å²) < 4.78 is 11.5. The van der Waals surface area contributed by atoms with E-state index in [-0.39, 0.29) is 22.0 Å². The van der Waals surface area contributed by atoms with Gasteiger partial charge in [-0.3, -0.25) is 9.59 Å². The Morgan fingerprint density at radius 2 is 1.59 bits per heavy atom. The lowest BCUT2D eigenvalue weighted by Gasteiger charge is -2.30. The van der Waals surface area contributed by atoms with Gasteiger partial charge in [0.05, 0.1) is 12.2 Å². The Balaban J connectivity index is 2.85. The fourth-order valence-corrected chi connectivity index (χ4v) is 5.74. The van der Waals surface area contributed by atoms with Crippen LogP contribution in [-0.4, -0.2) is 70.5 Å². The third kappa shape index (κ3) is 13.6. The zero-order chi connectivity index (χ0) is 26.0. The third-order valence-corrected chi connectivity index (χ3v) is 8.78. The highest BCUT2D eigenvalue weighted by atomic mass is 32.2. The first-order valence-electron chi connectivity index (χ1n) is 11.7. The number of ether oxygens (including phenoxy) is 1. The maximum atomic E-state index is 13.4. The average molecular weight is 531 g/mol. The summed E-state index contributed by atoms with van der Waals surface area (Å²) in [5.41, 5.74) is 0.970. The monoisotopic (exact) mass is 530 g/mol. The van der Waals surface area contributed by atoms with E-state index in [4.69, 9.17) is 9.26 Å². The second-order valence-corrected chi connectivity index (χ2v) is 15.6. The van der Waals surface area contributed by atoms with Crippen molar-refractivity contribution in [1.29, 1.82) is 0 Å². The van der Waals surface area contributed by atoms with Crippen LogP contribution in [0.25, 0.3) is 0 Å². The molecule has 1 N–H and O–H groups in total. The summed E-state index contributed by atoms with van der Waals surface area (Å²) in [5, 5.41) is 10.8. The van der Waals surface area contributed by atoms with Crippen LogP contribution >= 0.6 is 31.7 Å². The molecule has 0 fully saturated rings. The summed E-state index contributed by atoms with van der Waals surface area (Å²) in [5.74, 6) is 0.931. The van der Waals surface area contributed by atoms with Gasteiger partial charge in [-0.2, -0.15) is 11.8 Å². The van der Waals surface area contributed by atoms with E-state index in [2.05, 4.69) is 13.8 Å². The first kappa shape index (κ1) is 31.6. The van der Waals surface area contributed by atoms with Gasteiger partial charge in [0.1, 0.15) is 11.2 Å². The topological polar surface area (TPSA) is 72.8 Å². The van der Waals surface area contributed by atoms with Crippen molar-refractivity contribution in [2.24, 2.45) is 5.92 Å². The van der Waals surface area contributed by atoms with Gasteiger partial charge in [0.15, 0.2) is 5.78 Å². The van der Waals surface area contributed by atoms with E-state index in [1.54, 1.807) is 43.0 Å². The Morgan fingerprint density at radius 1 is 1.00 bits per heavy atom. The largest absolute Gasteiger partial charge is 0.380 e. The quantitative estimate of drug-likeness (QED) is 0.113. The molecule has 0 radical (unpaired) electrons. The lowest BCUT2D eigenvalue weighted by atomic mass is 10.00. The number of aliphatic hydroxyl groups is 1. The van der Waals surface area contributed by atoms with Gasteiger partial charge in [0.25, 0.3) is 0 Å². The van der Waals surface area contributed by atoms with Crippen molar-refractivity contribution in [2.75, 3.05) is 38.0 Å². The molecular weight excluding hydrogens is 487 g/mol. The molecule has 1 rings (SSSR count). The molecule has 0 amide bonds. The molecule has 0 aliphatic heterocycles. The highest BCUT2D eigenvalue weighted by molar-refractivity contribution is 8.01. The molecule has 34 heavy (non-hydrogen) atoms. The minimum atomic E-state index is -0.966. The van der Waals surface area contributed by atoms with Crippen LogP contribution in [0.15, 0.2) is 24.3 Å². The number of rotatable bonds is 16. The molecule has 2 unspecified atom stereocenters. The van der Waals surface area contributed by atoms with Crippen LogP contribution in [0.3, 0.4) is 0 Å². The van der Waals surface area contributed by atoms with E-state index in [9.17, 15) is 14.7 Å². The van der Waals surface area contributed by atoms with Gasteiger partial charge in [-0.05, 0) is 47.4 Å². The van der Waals surface area contributed by atoms with Crippen molar-refractivity contribution in [3.63, 3.8) is 0 Å². The fourth-order valence-electron chi connectivity index (χ4n) is 2.93. The van der Waals surface area contributed by atoms with Crippen LogP contribution in [0, 0.1) is 5.92 Å². The molecule has 0 saturated heterocycles. The number of benzene rings is 1. The lowest BCUT2D eigenvalue weighted by molar-refractivity contribution is -0.00624. The molecule has 8 heteroatoms. The van der Waals surface area contributed by atoms with Crippen LogP contribution in [-0.2, 0) is 9.26 Å². The molecule has 0 saturated carbocycles. The van der Waals surface area contributed by atoms with Crippen molar-refractivity contribution in [3.05, 3.63) is 35.4 Å². The van der Waals surface area contributed by atoms with Crippen LogP contribution in [0.5, 0.6) is 0 Å². The molecule has 1 aromatic carbocycles. The van der Waals surface area contributed by atoms with Crippen LogP contribution in [0.2, 0.25) is 0 Å². The Kier molecular flexibility index (Phi) is 13.3. The Hall–Kier alpha value is -0.430.